The molecule has 0 aliphatic rings. The molecule has 0 aliphatic heterocycles. The van der Waals surface area contributed by atoms with Crippen molar-refractivity contribution in [2.75, 3.05) is 6.61 Å². The van der Waals surface area contributed by atoms with Gasteiger partial charge < -0.3 is 4.74 Å². The summed E-state index contributed by atoms with van der Waals surface area (Å²) in [6, 6.07) is 6.82. The molecule has 0 saturated carbocycles. The van der Waals surface area contributed by atoms with Crippen molar-refractivity contribution >= 4 is 23.4 Å². The van der Waals surface area contributed by atoms with Crippen LogP contribution in [0.15, 0.2) is 24.3 Å². The lowest BCUT2D eigenvalue weighted by molar-refractivity contribution is -0.153. The van der Waals surface area contributed by atoms with Crippen molar-refractivity contribution in [2.24, 2.45) is 5.41 Å². The molecule has 0 atom stereocenters. The van der Waals surface area contributed by atoms with Crippen molar-refractivity contribution in [3.63, 3.8) is 0 Å². The summed E-state index contributed by atoms with van der Waals surface area (Å²) in [5.41, 5.74) is -0.400. The van der Waals surface area contributed by atoms with Crippen LogP contribution in [0.4, 0.5) is 0 Å². The van der Waals surface area contributed by atoms with Crippen molar-refractivity contribution in [3.8, 4) is 0 Å². The van der Waals surface area contributed by atoms with Gasteiger partial charge in [0.15, 0.2) is 5.78 Å². The van der Waals surface area contributed by atoms with Crippen molar-refractivity contribution in [2.45, 2.75) is 27.2 Å². The van der Waals surface area contributed by atoms with Crippen LogP contribution in [0.3, 0.4) is 0 Å². The van der Waals surface area contributed by atoms with Crippen LogP contribution >= 0.6 is 11.6 Å². The molecule has 0 bridgehead atoms. The average Bonchev–Trinajstić information content (AvgIpc) is 2.29. The van der Waals surface area contributed by atoms with Crippen LogP contribution in [-0.4, -0.2) is 18.4 Å². The molecule has 18 heavy (non-hydrogen) atoms. The lowest BCUT2D eigenvalue weighted by atomic mass is 9.85. The number of carbonyl (C=O) groups excluding carboxylic acids is 2. The molecule has 0 fully saturated rings. The first kappa shape index (κ1) is 14.7. The minimum Gasteiger partial charge on any atom is -0.466 e. The summed E-state index contributed by atoms with van der Waals surface area (Å²) in [6.45, 7) is 5.44. The number of carbonyl (C=O) groups is 2. The van der Waals surface area contributed by atoms with Gasteiger partial charge in [0.25, 0.3) is 0 Å². The molecule has 1 aromatic carbocycles. The van der Waals surface area contributed by atoms with Gasteiger partial charge in [-0.05, 0) is 32.9 Å². The highest BCUT2D eigenvalue weighted by atomic mass is 35.5. The molecule has 0 heterocycles. The third kappa shape index (κ3) is 3.57. The van der Waals surface area contributed by atoms with Crippen LogP contribution in [0.25, 0.3) is 0 Å². The normalized spacial score (nSPS) is 11.1. The number of esters is 1. The van der Waals surface area contributed by atoms with E-state index in [-0.39, 0.29) is 18.2 Å². The largest absolute Gasteiger partial charge is 0.466 e. The van der Waals surface area contributed by atoms with Crippen LogP contribution in [0.5, 0.6) is 0 Å². The van der Waals surface area contributed by atoms with Gasteiger partial charge in [-0.25, -0.2) is 0 Å². The van der Waals surface area contributed by atoms with Gasteiger partial charge in [-0.15, -0.1) is 0 Å². The fourth-order valence-corrected chi connectivity index (χ4v) is 1.82. The molecule has 0 radical (unpaired) electrons. The Kier molecular flexibility index (Phi) is 4.91. The summed E-state index contributed by atoms with van der Waals surface area (Å²) < 4.78 is 4.95. The molecule has 0 amide bonds. The topological polar surface area (TPSA) is 43.4 Å². The van der Waals surface area contributed by atoms with Crippen LogP contribution in [0.2, 0.25) is 5.02 Å². The van der Waals surface area contributed by atoms with E-state index >= 15 is 0 Å². The number of ketones is 1. The SMILES string of the molecule is CCOC(=O)C(C)(C)CC(=O)c1ccccc1Cl. The third-order valence-corrected chi connectivity index (χ3v) is 2.93. The second-order valence-corrected chi connectivity index (χ2v) is 5.09. The zero-order valence-electron chi connectivity index (χ0n) is 10.8. The van der Waals surface area contributed by atoms with E-state index in [1.54, 1.807) is 45.0 Å². The Balaban J connectivity index is 2.82. The number of Topliss-reactive ketones (excluding diaryl/α,β-unsaturated/α-hetero) is 1. The van der Waals surface area contributed by atoms with E-state index < -0.39 is 5.41 Å². The van der Waals surface area contributed by atoms with E-state index in [2.05, 4.69) is 0 Å². The number of benzene rings is 1. The zero-order chi connectivity index (χ0) is 13.8. The Hall–Kier alpha value is -1.35. The molecule has 1 rings (SSSR count). The lowest BCUT2D eigenvalue weighted by Gasteiger charge is -2.21. The predicted molar refractivity (Wildman–Crippen MR) is 70.8 cm³/mol. The van der Waals surface area contributed by atoms with E-state index in [1.807, 2.05) is 0 Å². The Labute approximate surface area is 112 Å². The predicted octanol–water partition coefficient (Wildman–Crippen LogP) is 3.50. The van der Waals surface area contributed by atoms with Gasteiger partial charge >= 0.3 is 5.97 Å². The maximum absolute atomic E-state index is 12.1. The number of rotatable bonds is 5. The first-order valence-corrected chi connectivity index (χ1v) is 6.21. The van der Waals surface area contributed by atoms with Crippen LogP contribution in [0.1, 0.15) is 37.6 Å². The van der Waals surface area contributed by atoms with Crippen molar-refractivity contribution in [1.82, 2.24) is 0 Å². The van der Waals surface area contributed by atoms with Gasteiger partial charge in [0.05, 0.1) is 17.0 Å². The number of ether oxygens (including phenoxy) is 1. The third-order valence-electron chi connectivity index (χ3n) is 2.60. The minimum absolute atomic E-state index is 0.0789. The first-order valence-electron chi connectivity index (χ1n) is 5.83. The van der Waals surface area contributed by atoms with Crippen molar-refractivity contribution in [1.29, 1.82) is 0 Å². The van der Waals surface area contributed by atoms with Crippen molar-refractivity contribution in [3.05, 3.63) is 34.9 Å². The van der Waals surface area contributed by atoms with E-state index in [4.69, 9.17) is 16.3 Å². The van der Waals surface area contributed by atoms with E-state index in [0.717, 1.165) is 0 Å². The fourth-order valence-electron chi connectivity index (χ4n) is 1.58. The molecule has 1 aromatic rings. The highest BCUT2D eigenvalue weighted by Crippen LogP contribution is 2.27. The fraction of sp³-hybridized carbons (Fsp3) is 0.429. The number of halogens is 1. The first-order chi connectivity index (χ1) is 8.38. The average molecular weight is 269 g/mol. The maximum Gasteiger partial charge on any atom is 0.311 e. The Morgan fingerprint density at radius 2 is 1.89 bits per heavy atom. The summed E-state index contributed by atoms with van der Waals surface area (Å²) in [5.74, 6) is -0.524. The van der Waals surface area contributed by atoms with Gasteiger partial charge in [-0.1, -0.05) is 23.7 Å². The molecule has 98 valence electrons. The van der Waals surface area contributed by atoms with E-state index in [1.165, 1.54) is 0 Å². The Morgan fingerprint density at radius 1 is 1.28 bits per heavy atom. The summed E-state index contributed by atoms with van der Waals surface area (Å²) in [7, 11) is 0. The molecule has 3 nitrogen and oxygen atoms in total. The molecule has 0 aliphatic carbocycles. The standard InChI is InChI=1S/C14H17ClO3/c1-4-18-13(17)14(2,3)9-12(16)10-7-5-6-8-11(10)15/h5-8H,4,9H2,1-3H3. The minimum atomic E-state index is -0.841. The summed E-state index contributed by atoms with van der Waals surface area (Å²) >= 11 is 5.95. The lowest BCUT2D eigenvalue weighted by Crippen LogP contribution is -2.29. The molecule has 0 spiro atoms. The highest BCUT2D eigenvalue weighted by Gasteiger charge is 2.32. The van der Waals surface area contributed by atoms with E-state index in [0.29, 0.717) is 17.2 Å². The van der Waals surface area contributed by atoms with Gasteiger partial charge in [0.1, 0.15) is 0 Å². The second-order valence-electron chi connectivity index (χ2n) is 4.68. The van der Waals surface area contributed by atoms with Crippen molar-refractivity contribution < 1.29 is 14.3 Å². The summed E-state index contributed by atoms with van der Waals surface area (Å²) in [6.07, 6.45) is 0.0789. The van der Waals surface area contributed by atoms with Gasteiger partial charge in [-0.3, -0.25) is 9.59 Å². The Morgan fingerprint density at radius 3 is 2.44 bits per heavy atom. The van der Waals surface area contributed by atoms with Gasteiger partial charge in [-0.2, -0.15) is 0 Å². The maximum atomic E-state index is 12.1. The summed E-state index contributed by atoms with van der Waals surface area (Å²) in [4.78, 5) is 23.8. The molecular formula is C14H17ClO3. The van der Waals surface area contributed by atoms with Gasteiger partial charge in [0, 0.05) is 12.0 Å². The Bertz CT molecular complexity index is 452. The molecule has 0 aromatic heterocycles. The van der Waals surface area contributed by atoms with Crippen LogP contribution in [0, 0.1) is 5.41 Å². The molecular weight excluding hydrogens is 252 g/mol. The number of hydrogen-bond donors (Lipinski definition) is 0. The molecule has 4 heteroatoms. The quantitative estimate of drug-likeness (QED) is 0.606. The molecule has 0 saturated heterocycles. The second kappa shape index (κ2) is 6.01. The monoisotopic (exact) mass is 268 g/mol. The van der Waals surface area contributed by atoms with Crippen LogP contribution in [-0.2, 0) is 9.53 Å². The highest BCUT2D eigenvalue weighted by molar-refractivity contribution is 6.34. The molecule has 0 N–H and O–H groups in total. The van der Waals surface area contributed by atoms with Gasteiger partial charge in [0.2, 0.25) is 0 Å². The molecule has 0 unspecified atom stereocenters. The van der Waals surface area contributed by atoms with Crippen LogP contribution < -0.4 is 0 Å². The smallest absolute Gasteiger partial charge is 0.311 e. The number of hydrogen-bond acceptors (Lipinski definition) is 3. The van der Waals surface area contributed by atoms with E-state index in [9.17, 15) is 9.59 Å². The zero-order valence-corrected chi connectivity index (χ0v) is 11.6. The summed E-state index contributed by atoms with van der Waals surface area (Å²) in [5, 5.41) is 0.405.